The van der Waals surface area contributed by atoms with E-state index >= 15 is 0 Å². The van der Waals surface area contributed by atoms with Gasteiger partial charge in [0.1, 0.15) is 12.4 Å². The van der Waals surface area contributed by atoms with Crippen molar-refractivity contribution in [2.24, 2.45) is 23.7 Å². The third-order valence-electron chi connectivity index (χ3n) is 9.46. The van der Waals surface area contributed by atoms with E-state index in [4.69, 9.17) is 16.3 Å². The van der Waals surface area contributed by atoms with E-state index < -0.39 is 21.2 Å². The first-order valence-corrected chi connectivity index (χ1v) is 17.0. The highest BCUT2D eigenvalue weighted by molar-refractivity contribution is 7.90. The fraction of sp³-hybridized carbons (Fsp3) is 0.515. The van der Waals surface area contributed by atoms with Crippen molar-refractivity contribution in [3.63, 3.8) is 0 Å². The van der Waals surface area contributed by atoms with Crippen LogP contribution < -0.4 is 14.4 Å². The molecule has 224 valence electrons. The molecule has 9 heteroatoms. The van der Waals surface area contributed by atoms with Crippen LogP contribution in [0, 0.1) is 35.0 Å². The van der Waals surface area contributed by atoms with Gasteiger partial charge in [-0.3, -0.25) is 4.79 Å². The molecule has 0 radical (unpaired) electrons. The summed E-state index contributed by atoms with van der Waals surface area (Å²) in [5, 5.41) is 9.56. The quantitative estimate of drug-likeness (QED) is 0.363. The van der Waals surface area contributed by atoms with Gasteiger partial charge in [-0.25, -0.2) is 13.1 Å². The number of nitriles is 1. The van der Waals surface area contributed by atoms with Gasteiger partial charge >= 0.3 is 0 Å². The maximum atomic E-state index is 13.3. The molecule has 1 aliphatic carbocycles. The number of allylic oxidation sites excluding steroid dienone is 2. The normalized spacial score (nSPS) is 28.8. The zero-order chi connectivity index (χ0) is 29.9. The number of fused-ring (bicyclic) bond motifs is 3. The molecule has 1 amide bonds. The summed E-state index contributed by atoms with van der Waals surface area (Å²) in [5.74, 6) is 0.739. The molecule has 1 saturated carbocycles. The fourth-order valence-corrected chi connectivity index (χ4v) is 7.94. The summed E-state index contributed by atoms with van der Waals surface area (Å²) in [7, 11) is -3.91. The number of carbonyl (C=O) groups excluding carboxylic acids is 1. The number of sulfonamides is 1. The highest BCUT2D eigenvalue weighted by Crippen LogP contribution is 2.44. The summed E-state index contributed by atoms with van der Waals surface area (Å²) in [6.45, 7) is 5.44. The zero-order valence-corrected chi connectivity index (χ0v) is 26.0. The molecule has 2 aromatic carbocycles. The summed E-state index contributed by atoms with van der Waals surface area (Å²) in [5.41, 5.74) is 3.34. The third kappa shape index (κ3) is 6.79. The molecule has 7 nitrogen and oxygen atoms in total. The van der Waals surface area contributed by atoms with Crippen molar-refractivity contribution in [3.8, 4) is 11.8 Å². The molecule has 0 saturated heterocycles. The Labute approximate surface area is 254 Å². The predicted octanol–water partition coefficient (Wildman–Crippen LogP) is 6.66. The molecule has 0 aromatic heterocycles. The van der Waals surface area contributed by atoms with Crippen LogP contribution in [0.4, 0.5) is 5.69 Å². The monoisotopic (exact) mass is 609 g/mol. The number of hydrogen-bond donors (Lipinski definition) is 1. The van der Waals surface area contributed by atoms with Gasteiger partial charge in [0.05, 0.1) is 17.0 Å². The van der Waals surface area contributed by atoms with Crippen LogP contribution in [0.25, 0.3) is 0 Å². The number of amides is 1. The number of nitrogens with zero attached hydrogens (tertiary/aromatic N) is 2. The van der Waals surface area contributed by atoms with Crippen molar-refractivity contribution < 1.29 is 17.9 Å². The average Bonchev–Trinajstić information content (AvgIpc) is 2.97. The molecule has 2 aliphatic heterocycles. The number of nitrogens with one attached hydrogen (secondary N) is 1. The lowest BCUT2D eigenvalue weighted by Crippen LogP contribution is -2.42. The van der Waals surface area contributed by atoms with Gasteiger partial charge in [0.15, 0.2) is 0 Å². The largest absolute Gasteiger partial charge is 0.487 e. The Morgan fingerprint density at radius 1 is 1.12 bits per heavy atom. The lowest BCUT2D eigenvalue weighted by atomic mass is 9.66. The van der Waals surface area contributed by atoms with Gasteiger partial charge in [0.2, 0.25) is 10.0 Å². The lowest BCUT2D eigenvalue weighted by Gasteiger charge is -2.44. The molecule has 2 aromatic rings. The Hall–Kier alpha value is -3.02. The second-order valence-corrected chi connectivity index (χ2v) is 14.6. The minimum atomic E-state index is -3.91. The molecule has 5 rings (SSSR count). The van der Waals surface area contributed by atoms with Crippen molar-refractivity contribution in [2.75, 3.05) is 18.0 Å². The average molecular weight is 610 g/mol. The van der Waals surface area contributed by atoms with Crippen molar-refractivity contribution in [1.82, 2.24) is 4.72 Å². The molecule has 2 heterocycles. The van der Waals surface area contributed by atoms with Crippen LogP contribution in [0.3, 0.4) is 0 Å². The summed E-state index contributed by atoms with van der Waals surface area (Å²) in [4.78, 5) is 15.6. The van der Waals surface area contributed by atoms with Crippen LogP contribution in [0.15, 0.2) is 48.6 Å². The van der Waals surface area contributed by atoms with Gasteiger partial charge in [-0.15, -0.1) is 0 Å². The second kappa shape index (κ2) is 13.1. The number of aryl methyl sites for hydroxylation is 1. The van der Waals surface area contributed by atoms with Crippen molar-refractivity contribution in [2.45, 2.75) is 70.7 Å². The van der Waals surface area contributed by atoms with Gasteiger partial charge < -0.3 is 9.64 Å². The van der Waals surface area contributed by atoms with E-state index in [1.54, 1.807) is 25.1 Å². The van der Waals surface area contributed by atoms with Crippen molar-refractivity contribution >= 4 is 33.2 Å². The van der Waals surface area contributed by atoms with Crippen molar-refractivity contribution in [3.05, 3.63) is 70.3 Å². The molecule has 42 heavy (non-hydrogen) atoms. The maximum Gasteiger partial charge on any atom is 0.264 e. The highest BCUT2D eigenvalue weighted by Gasteiger charge is 2.37. The molecule has 1 fully saturated rings. The van der Waals surface area contributed by atoms with Crippen LogP contribution in [0.1, 0.15) is 73.9 Å². The van der Waals surface area contributed by atoms with Crippen LogP contribution in [0.5, 0.6) is 5.75 Å². The predicted molar refractivity (Wildman–Crippen MR) is 166 cm³/mol. The molecule has 5 atom stereocenters. The van der Waals surface area contributed by atoms with Gasteiger partial charge in [-0.2, -0.15) is 5.26 Å². The van der Waals surface area contributed by atoms with E-state index in [1.807, 2.05) is 31.2 Å². The first-order valence-electron chi connectivity index (χ1n) is 15.0. The zero-order valence-electron chi connectivity index (χ0n) is 24.4. The van der Waals surface area contributed by atoms with E-state index in [9.17, 15) is 18.5 Å². The molecule has 1 N–H and O–H groups in total. The number of halogens is 1. The van der Waals surface area contributed by atoms with E-state index in [0.29, 0.717) is 42.1 Å². The molecular formula is C33H40ClN3O4S. The van der Waals surface area contributed by atoms with Gasteiger partial charge in [0.25, 0.3) is 5.91 Å². The SMILES string of the molecule is C[C@@H]1[C@@H](C)C/C=C/[C@H](CC#N)[C@@H]2CC[C@H]2CN2CCCCc3cc(Cl)ccc3COc3ccc(cc32)C(=O)NS1(=O)=O. The van der Waals surface area contributed by atoms with E-state index in [2.05, 4.69) is 21.8 Å². The number of anilines is 1. The Morgan fingerprint density at radius 2 is 1.95 bits per heavy atom. The standard InChI is InChI=1S/C33H40ClN3O4S/c1-22-6-5-8-24(15-16-35)30-13-10-27(30)20-37-17-4-3-7-25-18-29(34)12-9-28(25)21-41-32-14-11-26(19-31(32)37)33(38)36-42(39,40)23(22)2/h5,8-9,11-12,14,18-19,22-24,27,30H,3-4,6-7,10,13,15,17,20-21H2,1-2H3,(H,36,38)/b8-5+/t22-,23+,24+,27-,30-/m0/s1. The third-order valence-corrected chi connectivity index (χ3v) is 11.6. The number of hydrogen-bond acceptors (Lipinski definition) is 6. The van der Waals surface area contributed by atoms with Crippen LogP contribution in [-0.4, -0.2) is 32.7 Å². The number of ether oxygens (including phenoxy) is 1. The Morgan fingerprint density at radius 3 is 2.71 bits per heavy atom. The topological polar surface area (TPSA) is 99.5 Å². The number of rotatable bonds is 1. The minimum absolute atomic E-state index is 0.130. The molecular weight excluding hydrogens is 570 g/mol. The van der Waals surface area contributed by atoms with Crippen LogP contribution in [0.2, 0.25) is 5.02 Å². The van der Waals surface area contributed by atoms with Gasteiger partial charge in [-0.1, -0.05) is 36.7 Å². The van der Waals surface area contributed by atoms with Crippen molar-refractivity contribution in [1.29, 1.82) is 5.26 Å². The Kier molecular flexibility index (Phi) is 9.49. The molecule has 3 aliphatic rings. The van der Waals surface area contributed by atoms with Gasteiger partial charge in [0, 0.05) is 30.1 Å². The van der Waals surface area contributed by atoms with E-state index in [-0.39, 0.29) is 17.4 Å². The Bertz CT molecular complexity index is 1480. The minimum Gasteiger partial charge on any atom is -0.487 e. The Balaban J connectivity index is 1.55. The smallest absolute Gasteiger partial charge is 0.264 e. The van der Waals surface area contributed by atoms with Gasteiger partial charge in [-0.05, 0) is 111 Å². The lowest BCUT2D eigenvalue weighted by molar-refractivity contribution is 0.0980. The van der Waals surface area contributed by atoms with Crippen LogP contribution >= 0.6 is 11.6 Å². The molecule has 2 bridgehead atoms. The first kappa shape index (κ1) is 30.4. The first-order chi connectivity index (χ1) is 20.2. The summed E-state index contributed by atoms with van der Waals surface area (Å²) < 4.78 is 35.1. The molecule has 0 spiro atoms. The second-order valence-electron chi connectivity index (χ2n) is 12.1. The summed E-state index contributed by atoms with van der Waals surface area (Å²) in [6.07, 6.45) is 10.1. The molecule has 0 unspecified atom stereocenters. The van der Waals surface area contributed by atoms with E-state index in [1.165, 1.54) is 5.56 Å². The number of benzene rings is 2. The fourth-order valence-electron chi connectivity index (χ4n) is 6.46. The maximum absolute atomic E-state index is 13.3. The van der Waals surface area contributed by atoms with E-state index in [0.717, 1.165) is 56.4 Å². The summed E-state index contributed by atoms with van der Waals surface area (Å²) >= 11 is 6.31. The number of carbonyl (C=O) groups is 1. The highest BCUT2D eigenvalue weighted by atomic mass is 35.5. The summed E-state index contributed by atoms with van der Waals surface area (Å²) in [6, 6.07) is 13.5. The van der Waals surface area contributed by atoms with Crippen LogP contribution in [-0.2, 0) is 23.1 Å².